The Kier molecular flexibility index (Phi) is 7.09. The van der Waals surface area contributed by atoms with Gasteiger partial charge in [-0.2, -0.15) is 0 Å². The van der Waals surface area contributed by atoms with E-state index in [0.29, 0.717) is 26.5 Å². The lowest BCUT2D eigenvalue weighted by molar-refractivity contribution is 0.102. The number of aromatic nitrogens is 2. The number of hydrogen-bond donors (Lipinski definition) is 1. The molecule has 0 saturated heterocycles. The topological polar surface area (TPSA) is 64.1 Å². The van der Waals surface area contributed by atoms with Crippen LogP contribution in [0, 0.1) is 0 Å². The molecule has 3 aromatic rings. The van der Waals surface area contributed by atoms with Crippen LogP contribution in [0.15, 0.2) is 53.4 Å². The van der Waals surface area contributed by atoms with Gasteiger partial charge in [0.2, 0.25) is 5.13 Å². The number of thioether (sulfide) groups is 1. The fourth-order valence-electron chi connectivity index (χ4n) is 2.19. The molecule has 1 N–H and O–H groups in total. The summed E-state index contributed by atoms with van der Waals surface area (Å²) in [7, 11) is 0. The number of amides is 1. The van der Waals surface area contributed by atoms with Gasteiger partial charge in [-0.3, -0.25) is 10.1 Å². The third kappa shape index (κ3) is 5.69. The molecule has 0 bridgehead atoms. The van der Waals surface area contributed by atoms with Gasteiger partial charge in [-0.1, -0.05) is 42.0 Å². The number of rotatable bonds is 8. The smallest absolute Gasteiger partial charge is 0.258 e. The van der Waals surface area contributed by atoms with Gasteiger partial charge in [-0.25, -0.2) is 0 Å². The van der Waals surface area contributed by atoms with Crippen molar-refractivity contribution in [3.63, 3.8) is 0 Å². The second-order valence-corrected chi connectivity index (χ2v) is 8.18. The number of hydrogen-bond acceptors (Lipinski definition) is 6. The average Bonchev–Trinajstić information content (AvgIpc) is 3.13. The highest BCUT2D eigenvalue weighted by molar-refractivity contribution is 7.99. The van der Waals surface area contributed by atoms with Crippen molar-refractivity contribution in [2.24, 2.45) is 0 Å². The minimum absolute atomic E-state index is 0.185. The fraction of sp³-hybridized carbons (Fsp3) is 0.211. The Morgan fingerprint density at radius 3 is 2.74 bits per heavy atom. The van der Waals surface area contributed by atoms with E-state index < -0.39 is 0 Å². The lowest BCUT2D eigenvalue weighted by Crippen LogP contribution is -2.12. The summed E-state index contributed by atoms with van der Waals surface area (Å²) in [5, 5.41) is 12.7. The number of halogens is 1. The average molecular weight is 420 g/mol. The van der Waals surface area contributed by atoms with E-state index in [2.05, 4.69) is 22.4 Å². The van der Waals surface area contributed by atoms with E-state index in [4.69, 9.17) is 16.3 Å². The maximum atomic E-state index is 12.6. The van der Waals surface area contributed by atoms with Gasteiger partial charge in [0.15, 0.2) is 5.01 Å². The number of ether oxygens (including phenoxy) is 1. The number of anilines is 1. The van der Waals surface area contributed by atoms with Gasteiger partial charge in [0.1, 0.15) is 12.4 Å². The Labute approximate surface area is 171 Å². The summed E-state index contributed by atoms with van der Waals surface area (Å²) in [5.74, 6) is 1.48. The molecule has 2 aromatic carbocycles. The van der Waals surface area contributed by atoms with Crippen LogP contribution in [0.2, 0.25) is 5.02 Å². The Hall–Kier alpha value is -2.09. The number of nitrogens with zero attached hydrogens (tertiary/aromatic N) is 2. The van der Waals surface area contributed by atoms with E-state index in [9.17, 15) is 4.79 Å². The van der Waals surface area contributed by atoms with Gasteiger partial charge in [-0.15, -0.1) is 22.0 Å². The molecule has 0 aliphatic rings. The Balaban J connectivity index is 1.60. The summed E-state index contributed by atoms with van der Waals surface area (Å²) in [4.78, 5) is 13.6. The standard InChI is InChI=1S/C19H18ClN3O2S2/c1-2-11-26-16-6-4-3-5-15(16)18(24)21-19-23-22-17(27-19)12-25-14-9-7-13(20)8-10-14/h3-10H,2,11-12H2,1H3,(H,21,23,24). The van der Waals surface area contributed by atoms with Crippen molar-refractivity contribution >= 4 is 45.7 Å². The molecule has 3 rings (SSSR count). The first kappa shape index (κ1) is 19.7. The molecule has 8 heteroatoms. The van der Waals surface area contributed by atoms with Crippen molar-refractivity contribution in [3.05, 3.63) is 64.1 Å². The maximum Gasteiger partial charge on any atom is 0.258 e. The van der Waals surface area contributed by atoms with Crippen LogP contribution < -0.4 is 10.1 Å². The van der Waals surface area contributed by atoms with Crippen LogP contribution in [0.3, 0.4) is 0 Å². The molecule has 1 heterocycles. The highest BCUT2D eigenvalue weighted by Gasteiger charge is 2.14. The lowest BCUT2D eigenvalue weighted by Gasteiger charge is -2.07. The lowest BCUT2D eigenvalue weighted by atomic mass is 10.2. The van der Waals surface area contributed by atoms with Gasteiger partial charge < -0.3 is 4.74 Å². The molecular weight excluding hydrogens is 402 g/mol. The zero-order chi connectivity index (χ0) is 19.1. The Bertz CT molecular complexity index is 900. The molecule has 5 nitrogen and oxygen atoms in total. The molecule has 140 valence electrons. The molecule has 0 aliphatic carbocycles. The van der Waals surface area contributed by atoms with E-state index in [1.165, 1.54) is 11.3 Å². The molecule has 0 atom stereocenters. The molecule has 0 aliphatic heterocycles. The second-order valence-electron chi connectivity index (χ2n) is 5.54. The molecule has 0 unspecified atom stereocenters. The van der Waals surface area contributed by atoms with E-state index in [1.54, 1.807) is 36.0 Å². The van der Waals surface area contributed by atoms with Crippen LogP contribution in [0.4, 0.5) is 5.13 Å². The first-order valence-electron chi connectivity index (χ1n) is 8.39. The van der Waals surface area contributed by atoms with E-state index in [0.717, 1.165) is 17.1 Å². The monoisotopic (exact) mass is 419 g/mol. The van der Waals surface area contributed by atoms with Crippen LogP contribution in [0.1, 0.15) is 28.7 Å². The quantitative estimate of drug-likeness (QED) is 0.486. The SMILES string of the molecule is CCCSc1ccccc1C(=O)Nc1nnc(COc2ccc(Cl)cc2)s1. The largest absolute Gasteiger partial charge is 0.486 e. The van der Waals surface area contributed by atoms with Crippen LogP contribution >= 0.6 is 34.7 Å². The minimum Gasteiger partial charge on any atom is -0.486 e. The second kappa shape index (κ2) is 9.73. The predicted molar refractivity (Wildman–Crippen MR) is 111 cm³/mol. The highest BCUT2D eigenvalue weighted by atomic mass is 35.5. The third-order valence-corrected chi connectivity index (χ3v) is 5.80. The summed E-state index contributed by atoms with van der Waals surface area (Å²) in [5.41, 5.74) is 0.644. The van der Waals surface area contributed by atoms with Crippen molar-refractivity contribution in [3.8, 4) is 5.75 Å². The summed E-state index contributed by atoms with van der Waals surface area (Å²) >= 11 is 8.82. The third-order valence-electron chi connectivity index (χ3n) is 3.46. The molecule has 27 heavy (non-hydrogen) atoms. The van der Waals surface area contributed by atoms with Crippen LogP contribution in [0.25, 0.3) is 0 Å². The van der Waals surface area contributed by atoms with Crippen molar-refractivity contribution in [2.75, 3.05) is 11.1 Å². The number of carbonyl (C=O) groups excluding carboxylic acids is 1. The van der Waals surface area contributed by atoms with Gasteiger partial charge in [0, 0.05) is 9.92 Å². The minimum atomic E-state index is -0.185. The van der Waals surface area contributed by atoms with Gasteiger partial charge >= 0.3 is 0 Å². The molecule has 0 spiro atoms. The fourth-order valence-corrected chi connectivity index (χ4v) is 3.88. The Morgan fingerprint density at radius 1 is 1.19 bits per heavy atom. The van der Waals surface area contributed by atoms with Gasteiger partial charge in [0.25, 0.3) is 5.91 Å². The molecule has 1 aromatic heterocycles. The first-order valence-corrected chi connectivity index (χ1v) is 10.6. The van der Waals surface area contributed by atoms with Crippen LogP contribution in [0.5, 0.6) is 5.75 Å². The predicted octanol–water partition coefficient (Wildman–Crippen LogP) is 5.52. The van der Waals surface area contributed by atoms with Crippen molar-refractivity contribution in [1.82, 2.24) is 10.2 Å². The number of carbonyl (C=O) groups is 1. The summed E-state index contributed by atoms with van der Waals surface area (Å²) in [6.45, 7) is 2.39. The molecule has 1 amide bonds. The first-order chi connectivity index (χ1) is 13.2. The van der Waals surface area contributed by atoms with Crippen LogP contribution in [-0.4, -0.2) is 21.9 Å². The maximum absolute atomic E-state index is 12.6. The normalized spacial score (nSPS) is 10.6. The van der Waals surface area contributed by atoms with Crippen molar-refractivity contribution in [1.29, 1.82) is 0 Å². The van der Waals surface area contributed by atoms with Gasteiger partial charge in [0.05, 0.1) is 5.56 Å². The molecule has 0 fully saturated rings. The highest BCUT2D eigenvalue weighted by Crippen LogP contribution is 2.25. The molecule has 0 radical (unpaired) electrons. The summed E-state index contributed by atoms with van der Waals surface area (Å²) in [6, 6.07) is 14.7. The molecular formula is C19H18ClN3O2S2. The van der Waals surface area contributed by atoms with E-state index in [-0.39, 0.29) is 12.5 Å². The van der Waals surface area contributed by atoms with Crippen molar-refractivity contribution < 1.29 is 9.53 Å². The molecule has 0 saturated carbocycles. The number of nitrogens with one attached hydrogen (secondary N) is 1. The zero-order valence-corrected chi connectivity index (χ0v) is 17.0. The van der Waals surface area contributed by atoms with E-state index in [1.807, 2.05) is 24.3 Å². The van der Waals surface area contributed by atoms with Gasteiger partial charge in [-0.05, 0) is 48.6 Å². The van der Waals surface area contributed by atoms with E-state index >= 15 is 0 Å². The summed E-state index contributed by atoms with van der Waals surface area (Å²) < 4.78 is 5.65. The van der Waals surface area contributed by atoms with Crippen molar-refractivity contribution in [2.45, 2.75) is 24.8 Å². The van der Waals surface area contributed by atoms with Crippen LogP contribution in [-0.2, 0) is 6.61 Å². The summed E-state index contributed by atoms with van der Waals surface area (Å²) in [6.07, 6.45) is 1.05. The zero-order valence-electron chi connectivity index (χ0n) is 14.6. The Morgan fingerprint density at radius 2 is 1.96 bits per heavy atom. The number of benzene rings is 2.